The average Bonchev–Trinajstić information content (AvgIpc) is 2.24. The molecule has 0 saturated carbocycles. The molecule has 0 unspecified atom stereocenters. The fourth-order valence-electron chi connectivity index (χ4n) is 1.66. The Labute approximate surface area is 94.4 Å². The van der Waals surface area contributed by atoms with Crippen LogP contribution in [0.5, 0.6) is 0 Å². The van der Waals surface area contributed by atoms with Gasteiger partial charge in [-0.3, -0.25) is 4.90 Å². The SMILES string of the molecule is Fc1cc(S)ccc1CN1CCOCC1. The quantitative estimate of drug-likeness (QED) is 0.775. The minimum atomic E-state index is -0.172. The number of thiol groups is 1. The number of nitrogens with zero attached hydrogens (tertiary/aromatic N) is 1. The summed E-state index contributed by atoms with van der Waals surface area (Å²) in [5, 5.41) is 0. The van der Waals surface area contributed by atoms with Crippen LogP contribution in [0, 0.1) is 5.82 Å². The highest BCUT2D eigenvalue weighted by Gasteiger charge is 2.12. The maximum atomic E-state index is 13.5. The first-order valence-corrected chi connectivity index (χ1v) is 5.48. The first-order valence-electron chi connectivity index (χ1n) is 5.03. The average molecular weight is 227 g/mol. The van der Waals surface area contributed by atoms with Gasteiger partial charge in [0.05, 0.1) is 13.2 Å². The normalized spacial score (nSPS) is 18.0. The molecule has 1 aliphatic rings. The van der Waals surface area contributed by atoms with Crippen LogP contribution < -0.4 is 0 Å². The van der Waals surface area contributed by atoms with Gasteiger partial charge in [-0.05, 0) is 12.1 Å². The monoisotopic (exact) mass is 227 g/mol. The van der Waals surface area contributed by atoms with E-state index in [4.69, 9.17) is 4.74 Å². The first kappa shape index (κ1) is 10.9. The summed E-state index contributed by atoms with van der Waals surface area (Å²) in [5.41, 5.74) is 0.731. The molecule has 1 heterocycles. The van der Waals surface area contributed by atoms with Crippen LogP contribution in [0.25, 0.3) is 0 Å². The molecule has 0 spiro atoms. The Morgan fingerprint density at radius 3 is 2.73 bits per heavy atom. The van der Waals surface area contributed by atoms with Crippen LogP contribution in [0.3, 0.4) is 0 Å². The Balaban J connectivity index is 2.03. The number of hydrogen-bond acceptors (Lipinski definition) is 3. The fourth-order valence-corrected chi connectivity index (χ4v) is 1.85. The second-order valence-corrected chi connectivity index (χ2v) is 4.18. The van der Waals surface area contributed by atoms with Crippen molar-refractivity contribution >= 4 is 12.6 Å². The summed E-state index contributed by atoms with van der Waals surface area (Å²) >= 11 is 4.09. The second-order valence-electron chi connectivity index (χ2n) is 3.66. The van der Waals surface area contributed by atoms with Gasteiger partial charge < -0.3 is 4.74 Å². The molecule has 1 aromatic carbocycles. The molecular formula is C11H14FNOS. The Bertz CT molecular complexity index is 339. The highest BCUT2D eigenvalue weighted by atomic mass is 32.1. The van der Waals surface area contributed by atoms with Gasteiger partial charge in [0.1, 0.15) is 5.82 Å². The zero-order valence-corrected chi connectivity index (χ0v) is 9.34. The van der Waals surface area contributed by atoms with Crippen molar-refractivity contribution in [1.29, 1.82) is 0 Å². The Morgan fingerprint density at radius 1 is 1.33 bits per heavy atom. The summed E-state index contributed by atoms with van der Waals surface area (Å²) in [6.07, 6.45) is 0. The lowest BCUT2D eigenvalue weighted by molar-refractivity contribution is 0.0337. The maximum absolute atomic E-state index is 13.5. The molecule has 1 fully saturated rings. The minimum Gasteiger partial charge on any atom is -0.379 e. The number of rotatable bonds is 2. The van der Waals surface area contributed by atoms with E-state index in [1.54, 1.807) is 6.07 Å². The minimum absolute atomic E-state index is 0.172. The van der Waals surface area contributed by atoms with Crippen LogP contribution in [-0.4, -0.2) is 31.2 Å². The Kier molecular flexibility index (Phi) is 3.61. The zero-order chi connectivity index (χ0) is 10.7. The Morgan fingerprint density at radius 2 is 2.07 bits per heavy atom. The molecule has 0 radical (unpaired) electrons. The third kappa shape index (κ3) is 2.93. The van der Waals surface area contributed by atoms with Crippen molar-refractivity contribution in [2.24, 2.45) is 0 Å². The lowest BCUT2D eigenvalue weighted by atomic mass is 10.2. The molecule has 0 aromatic heterocycles. The van der Waals surface area contributed by atoms with Gasteiger partial charge in [0.2, 0.25) is 0 Å². The topological polar surface area (TPSA) is 12.5 Å². The van der Waals surface area contributed by atoms with Crippen molar-refractivity contribution in [3.63, 3.8) is 0 Å². The van der Waals surface area contributed by atoms with Gasteiger partial charge in [0.15, 0.2) is 0 Å². The third-order valence-corrected chi connectivity index (χ3v) is 2.81. The largest absolute Gasteiger partial charge is 0.379 e. The van der Waals surface area contributed by atoms with Gasteiger partial charge in [-0.2, -0.15) is 0 Å². The lowest BCUT2D eigenvalue weighted by Crippen LogP contribution is -2.35. The third-order valence-electron chi connectivity index (χ3n) is 2.53. The molecule has 0 N–H and O–H groups in total. The van der Waals surface area contributed by atoms with Gasteiger partial charge >= 0.3 is 0 Å². The summed E-state index contributed by atoms with van der Waals surface area (Å²) in [5.74, 6) is -0.172. The number of benzene rings is 1. The van der Waals surface area contributed by atoms with Crippen LogP contribution in [0.15, 0.2) is 23.1 Å². The maximum Gasteiger partial charge on any atom is 0.128 e. The predicted molar refractivity (Wildman–Crippen MR) is 59.7 cm³/mol. The molecule has 1 aromatic rings. The van der Waals surface area contributed by atoms with Gasteiger partial charge in [-0.1, -0.05) is 6.07 Å². The van der Waals surface area contributed by atoms with E-state index in [-0.39, 0.29) is 5.82 Å². The molecule has 0 aliphatic carbocycles. The van der Waals surface area contributed by atoms with Crippen molar-refractivity contribution < 1.29 is 9.13 Å². The van der Waals surface area contributed by atoms with Gasteiger partial charge in [0.25, 0.3) is 0 Å². The number of hydrogen-bond donors (Lipinski definition) is 1. The fraction of sp³-hybridized carbons (Fsp3) is 0.455. The van der Waals surface area contributed by atoms with Gasteiger partial charge in [-0.25, -0.2) is 4.39 Å². The molecule has 0 bridgehead atoms. The molecule has 0 atom stereocenters. The van der Waals surface area contributed by atoms with Crippen molar-refractivity contribution in [3.8, 4) is 0 Å². The van der Waals surface area contributed by atoms with Crippen LogP contribution in [0.1, 0.15) is 5.56 Å². The molecule has 2 nitrogen and oxygen atoms in total. The summed E-state index contributed by atoms with van der Waals surface area (Å²) in [7, 11) is 0. The summed E-state index contributed by atoms with van der Waals surface area (Å²) in [6.45, 7) is 3.89. The van der Waals surface area contributed by atoms with Crippen LogP contribution >= 0.6 is 12.6 Å². The molecule has 1 aliphatic heterocycles. The smallest absolute Gasteiger partial charge is 0.128 e. The lowest BCUT2D eigenvalue weighted by Gasteiger charge is -2.26. The highest BCUT2D eigenvalue weighted by Crippen LogP contribution is 2.15. The highest BCUT2D eigenvalue weighted by molar-refractivity contribution is 7.80. The van der Waals surface area contributed by atoms with Crippen molar-refractivity contribution in [1.82, 2.24) is 4.90 Å². The molecule has 0 amide bonds. The van der Waals surface area contributed by atoms with Crippen LogP contribution in [0.4, 0.5) is 4.39 Å². The molecular weight excluding hydrogens is 213 g/mol. The van der Waals surface area contributed by atoms with E-state index < -0.39 is 0 Å². The molecule has 82 valence electrons. The number of morpholine rings is 1. The van der Waals surface area contributed by atoms with E-state index in [9.17, 15) is 4.39 Å². The number of ether oxygens (including phenoxy) is 1. The zero-order valence-electron chi connectivity index (χ0n) is 8.45. The Hall–Kier alpha value is -0.580. The standard InChI is InChI=1S/C11H14FNOS/c12-11-7-10(15)2-1-9(11)8-13-3-5-14-6-4-13/h1-2,7,15H,3-6,8H2. The summed E-state index contributed by atoms with van der Waals surface area (Å²) < 4.78 is 18.7. The molecule has 1 saturated heterocycles. The number of halogens is 1. The summed E-state index contributed by atoms with van der Waals surface area (Å²) in [6, 6.07) is 5.08. The molecule has 2 rings (SSSR count). The van der Waals surface area contributed by atoms with E-state index in [1.165, 1.54) is 6.07 Å². The second kappa shape index (κ2) is 4.96. The van der Waals surface area contributed by atoms with E-state index in [2.05, 4.69) is 17.5 Å². The van der Waals surface area contributed by atoms with Crippen molar-refractivity contribution in [3.05, 3.63) is 29.6 Å². The van der Waals surface area contributed by atoms with E-state index in [0.29, 0.717) is 11.4 Å². The van der Waals surface area contributed by atoms with Crippen molar-refractivity contribution in [2.75, 3.05) is 26.3 Å². The van der Waals surface area contributed by atoms with Gasteiger partial charge in [0, 0.05) is 30.1 Å². The molecule has 15 heavy (non-hydrogen) atoms. The van der Waals surface area contributed by atoms with E-state index in [1.807, 2.05) is 6.07 Å². The van der Waals surface area contributed by atoms with Crippen LogP contribution in [-0.2, 0) is 11.3 Å². The van der Waals surface area contributed by atoms with E-state index in [0.717, 1.165) is 31.9 Å². The van der Waals surface area contributed by atoms with Gasteiger partial charge in [-0.15, -0.1) is 12.6 Å². The molecule has 4 heteroatoms. The predicted octanol–water partition coefficient (Wildman–Crippen LogP) is 1.95. The van der Waals surface area contributed by atoms with Crippen LogP contribution in [0.2, 0.25) is 0 Å². The summed E-state index contributed by atoms with van der Waals surface area (Å²) in [4.78, 5) is 2.86. The first-order chi connectivity index (χ1) is 7.25. The van der Waals surface area contributed by atoms with E-state index >= 15 is 0 Å². The van der Waals surface area contributed by atoms with Crippen molar-refractivity contribution in [2.45, 2.75) is 11.4 Å².